The van der Waals surface area contributed by atoms with Crippen LogP contribution in [0.2, 0.25) is 0 Å². The number of methoxy groups -OCH3 is 1. The fraction of sp³-hybridized carbons (Fsp3) is 0.0952. The summed E-state index contributed by atoms with van der Waals surface area (Å²) in [7, 11) is 1.57. The van der Waals surface area contributed by atoms with E-state index in [2.05, 4.69) is 5.32 Å². The van der Waals surface area contributed by atoms with Gasteiger partial charge in [-0.2, -0.15) is 0 Å². The molecule has 1 amide bonds. The quantitative estimate of drug-likeness (QED) is 0.629. The first-order chi connectivity index (χ1) is 12.2. The zero-order chi connectivity index (χ0) is 17.6. The van der Waals surface area contributed by atoms with E-state index >= 15 is 0 Å². The smallest absolute Gasteiger partial charge is 0.256 e. The highest BCUT2D eigenvalue weighted by Gasteiger charge is 2.14. The van der Waals surface area contributed by atoms with Gasteiger partial charge in [-0.1, -0.05) is 54.6 Å². The van der Waals surface area contributed by atoms with Crippen LogP contribution in [0.4, 0.5) is 5.69 Å². The Morgan fingerprint density at radius 3 is 2.44 bits per heavy atom. The van der Waals surface area contributed by atoms with E-state index in [1.54, 1.807) is 13.2 Å². The lowest BCUT2D eigenvalue weighted by Gasteiger charge is -2.13. The Balaban J connectivity index is 1.93. The lowest BCUT2D eigenvalue weighted by Crippen LogP contribution is -2.14. The molecule has 4 heteroatoms. The number of nitrogens with one attached hydrogen (secondary N) is 1. The molecule has 0 saturated heterocycles. The number of alkyl halides is 1. The van der Waals surface area contributed by atoms with Crippen LogP contribution in [0, 0.1) is 0 Å². The number of anilines is 1. The van der Waals surface area contributed by atoms with Crippen molar-refractivity contribution in [1.82, 2.24) is 0 Å². The number of carbonyl (C=O) groups is 1. The summed E-state index contributed by atoms with van der Waals surface area (Å²) in [6, 6.07) is 22.9. The highest BCUT2D eigenvalue weighted by atomic mass is 35.5. The fourth-order valence-corrected chi connectivity index (χ4v) is 2.83. The molecule has 3 nitrogen and oxygen atoms in total. The largest absolute Gasteiger partial charge is 0.495 e. The third kappa shape index (κ3) is 3.83. The molecule has 0 aliphatic heterocycles. The second-order valence-electron chi connectivity index (χ2n) is 5.53. The van der Waals surface area contributed by atoms with Gasteiger partial charge in [-0.25, -0.2) is 0 Å². The number of ether oxygens (including phenoxy) is 1. The van der Waals surface area contributed by atoms with Crippen LogP contribution in [0.3, 0.4) is 0 Å². The Bertz CT molecular complexity index is 878. The summed E-state index contributed by atoms with van der Waals surface area (Å²) in [5.74, 6) is 0.793. The van der Waals surface area contributed by atoms with Crippen molar-refractivity contribution in [3.05, 3.63) is 83.9 Å². The second kappa shape index (κ2) is 7.86. The molecule has 0 aliphatic carbocycles. The van der Waals surface area contributed by atoms with E-state index in [1.807, 2.05) is 66.7 Å². The minimum atomic E-state index is -0.184. The predicted molar refractivity (Wildman–Crippen MR) is 102 cm³/mol. The second-order valence-corrected chi connectivity index (χ2v) is 5.80. The number of rotatable bonds is 5. The molecule has 3 aromatic carbocycles. The first-order valence-electron chi connectivity index (χ1n) is 7.91. The van der Waals surface area contributed by atoms with Crippen LogP contribution < -0.4 is 10.1 Å². The summed E-state index contributed by atoms with van der Waals surface area (Å²) in [4.78, 5) is 12.8. The van der Waals surface area contributed by atoms with Crippen molar-refractivity contribution < 1.29 is 9.53 Å². The number of halogens is 1. The van der Waals surface area contributed by atoms with Gasteiger partial charge in [0.1, 0.15) is 5.75 Å². The van der Waals surface area contributed by atoms with Crippen molar-refractivity contribution in [3.63, 3.8) is 0 Å². The summed E-state index contributed by atoms with van der Waals surface area (Å²) in [6.45, 7) is 0. The maximum atomic E-state index is 12.8. The molecule has 0 aliphatic rings. The number of amides is 1. The van der Waals surface area contributed by atoms with Gasteiger partial charge in [-0.3, -0.25) is 4.79 Å². The average molecular weight is 352 g/mol. The van der Waals surface area contributed by atoms with Gasteiger partial charge in [0.15, 0.2) is 0 Å². The number of hydrogen-bond donors (Lipinski definition) is 1. The molecule has 0 fully saturated rings. The number of hydrogen-bond acceptors (Lipinski definition) is 2. The molecule has 0 bridgehead atoms. The molecule has 0 aromatic heterocycles. The molecule has 3 aromatic rings. The Labute approximate surface area is 152 Å². The third-order valence-corrected chi connectivity index (χ3v) is 4.23. The molecule has 3 rings (SSSR count). The molecule has 0 saturated carbocycles. The monoisotopic (exact) mass is 351 g/mol. The summed E-state index contributed by atoms with van der Waals surface area (Å²) in [5.41, 5.74) is 4.04. The van der Waals surface area contributed by atoms with Crippen LogP contribution in [-0.2, 0) is 5.88 Å². The molecular formula is C21H18ClNO2. The Morgan fingerprint density at radius 1 is 1.00 bits per heavy atom. The molecule has 25 heavy (non-hydrogen) atoms. The number of benzene rings is 3. The van der Waals surface area contributed by atoms with Gasteiger partial charge in [0.25, 0.3) is 5.91 Å². The maximum Gasteiger partial charge on any atom is 0.256 e. The van der Waals surface area contributed by atoms with Gasteiger partial charge in [0.05, 0.1) is 12.8 Å². The topological polar surface area (TPSA) is 38.3 Å². The van der Waals surface area contributed by atoms with Crippen LogP contribution in [0.5, 0.6) is 5.75 Å². The lowest BCUT2D eigenvalue weighted by atomic mass is 9.99. The van der Waals surface area contributed by atoms with E-state index in [-0.39, 0.29) is 5.91 Å². The van der Waals surface area contributed by atoms with Crippen LogP contribution in [0.1, 0.15) is 15.9 Å². The van der Waals surface area contributed by atoms with E-state index in [1.165, 1.54) is 0 Å². The normalized spacial score (nSPS) is 10.3. The van der Waals surface area contributed by atoms with Gasteiger partial charge in [-0.15, -0.1) is 11.6 Å². The van der Waals surface area contributed by atoms with E-state index in [0.717, 1.165) is 16.7 Å². The lowest BCUT2D eigenvalue weighted by molar-refractivity contribution is 0.102. The Morgan fingerprint density at radius 2 is 1.72 bits per heavy atom. The minimum absolute atomic E-state index is 0.184. The SMILES string of the molecule is COc1cc(CCl)ccc1NC(=O)c1ccccc1-c1ccccc1. The summed E-state index contributed by atoms with van der Waals surface area (Å²) in [6.07, 6.45) is 0. The molecule has 126 valence electrons. The number of carbonyl (C=O) groups excluding carboxylic acids is 1. The zero-order valence-electron chi connectivity index (χ0n) is 13.8. The summed E-state index contributed by atoms with van der Waals surface area (Å²) >= 11 is 5.86. The maximum absolute atomic E-state index is 12.8. The highest BCUT2D eigenvalue weighted by Crippen LogP contribution is 2.29. The molecular weight excluding hydrogens is 334 g/mol. The van der Waals surface area contributed by atoms with Crippen molar-refractivity contribution in [1.29, 1.82) is 0 Å². The predicted octanol–water partition coefficient (Wildman–Crippen LogP) is 5.35. The van der Waals surface area contributed by atoms with Gasteiger partial charge in [0.2, 0.25) is 0 Å². The molecule has 0 radical (unpaired) electrons. The molecule has 0 spiro atoms. The fourth-order valence-electron chi connectivity index (χ4n) is 2.66. The van der Waals surface area contributed by atoms with Crippen LogP contribution >= 0.6 is 11.6 Å². The average Bonchev–Trinajstić information content (AvgIpc) is 2.69. The molecule has 0 unspecified atom stereocenters. The van der Waals surface area contributed by atoms with Crippen LogP contribution in [0.15, 0.2) is 72.8 Å². The van der Waals surface area contributed by atoms with Gasteiger partial charge in [0, 0.05) is 11.4 Å². The zero-order valence-corrected chi connectivity index (χ0v) is 14.6. The van der Waals surface area contributed by atoms with E-state index in [9.17, 15) is 4.79 Å². The van der Waals surface area contributed by atoms with Crippen molar-refractivity contribution in [2.24, 2.45) is 0 Å². The van der Waals surface area contributed by atoms with Crippen molar-refractivity contribution >= 4 is 23.2 Å². The van der Waals surface area contributed by atoms with E-state index < -0.39 is 0 Å². The van der Waals surface area contributed by atoms with E-state index in [4.69, 9.17) is 16.3 Å². The molecule has 1 N–H and O–H groups in total. The molecule has 0 atom stereocenters. The van der Waals surface area contributed by atoms with Gasteiger partial charge < -0.3 is 10.1 Å². The van der Waals surface area contributed by atoms with Crippen molar-refractivity contribution in [3.8, 4) is 16.9 Å². The van der Waals surface area contributed by atoms with Gasteiger partial charge in [-0.05, 0) is 34.9 Å². The third-order valence-electron chi connectivity index (χ3n) is 3.92. The molecule has 0 heterocycles. The van der Waals surface area contributed by atoms with Gasteiger partial charge >= 0.3 is 0 Å². The first kappa shape index (κ1) is 17.1. The minimum Gasteiger partial charge on any atom is -0.495 e. The summed E-state index contributed by atoms with van der Waals surface area (Å²) in [5, 5.41) is 2.93. The Hall–Kier alpha value is -2.78. The van der Waals surface area contributed by atoms with Crippen LogP contribution in [0.25, 0.3) is 11.1 Å². The Kier molecular flexibility index (Phi) is 5.36. The van der Waals surface area contributed by atoms with Crippen LogP contribution in [-0.4, -0.2) is 13.0 Å². The van der Waals surface area contributed by atoms with Crippen molar-refractivity contribution in [2.45, 2.75) is 5.88 Å². The van der Waals surface area contributed by atoms with Crippen molar-refractivity contribution in [2.75, 3.05) is 12.4 Å². The van der Waals surface area contributed by atoms with E-state index in [0.29, 0.717) is 22.9 Å². The highest BCUT2D eigenvalue weighted by molar-refractivity contribution is 6.17. The first-order valence-corrected chi connectivity index (χ1v) is 8.45. The standard InChI is InChI=1S/C21H18ClNO2/c1-25-20-13-15(14-22)11-12-19(20)23-21(24)18-10-6-5-9-17(18)16-7-3-2-4-8-16/h2-13H,14H2,1H3,(H,23,24). The summed E-state index contributed by atoms with van der Waals surface area (Å²) < 4.78 is 5.37.